The van der Waals surface area contributed by atoms with Gasteiger partial charge >= 0.3 is 0 Å². The van der Waals surface area contributed by atoms with Crippen molar-refractivity contribution >= 4 is 27.5 Å². The highest BCUT2D eigenvalue weighted by Gasteiger charge is 2.15. The van der Waals surface area contributed by atoms with Gasteiger partial charge in [-0.1, -0.05) is 37.1 Å². The third kappa shape index (κ3) is 5.69. The van der Waals surface area contributed by atoms with E-state index in [0.29, 0.717) is 41.3 Å². The van der Waals surface area contributed by atoms with E-state index in [0.717, 1.165) is 12.0 Å². The second kappa shape index (κ2) is 9.21. The molecular formula is C19H23ClN2O4S. The number of hydrogen-bond acceptors (Lipinski definition) is 4. The van der Waals surface area contributed by atoms with Crippen molar-refractivity contribution in [2.45, 2.75) is 31.1 Å². The summed E-state index contributed by atoms with van der Waals surface area (Å²) in [5.41, 5.74) is 1.82. The molecule has 0 spiro atoms. The number of aryl methyl sites for hydroxylation is 1. The molecule has 2 aromatic rings. The Bertz CT molecular complexity index is 929. The van der Waals surface area contributed by atoms with Crippen LogP contribution in [-0.2, 0) is 22.9 Å². The van der Waals surface area contributed by atoms with Gasteiger partial charge in [0, 0.05) is 11.6 Å². The Morgan fingerprint density at radius 2 is 1.93 bits per heavy atom. The van der Waals surface area contributed by atoms with Crippen molar-refractivity contribution in [3.05, 3.63) is 58.1 Å². The van der Waals surface area contributed by atoms with Crippen LogP contribution < -0.4 is 15.2 Å². The molecule has 8 heteroatoms. The van der Waals surface area contributed by atoms with Crippen LogP contribution in [0.2, 0.25) is 5.02 Å². The molecule has 0 saturated heterocycles. The second-order valence-electron chi connectivity index (χ2n) is 6.09. The fraction of sp³-hybridized carbons (Fsp3) is 0.316. The number of primary sulfonamides is 1. The summed E-state index contributed by atoms with van der Waals surface area (Å²) in [5, 5.41) is 8.56. The zero-order valence-electron chi connectivity index (χ0n) is 15.3. The average molecular weight is 411 g/mol. The predicted molar refractivity (Wildman–Crippen MR) is 106 cm³/mol. The van der Waals surface area contributed by atoms with E-state index in [4.69, 9.17) is 21.5 Å². The van der Waals surface area contributed by atoms with E-state index in [-0.39, 0.29) is 10.8 Å². The van der Waals surface area contributed by atoms with Crippen molar-refractivity contribution in [2.75, 3.05) is 13.7 Å². The zero-order chi connectivity index (χ0) is 20.0. The first-order valence-electron chi connectivity index (χ1n) is 8.52. The topological polar surface area (TPSA) is 98.5 Å². The molecule has 1 amide bonds. The highest BCUT2D eigenvalue weighted by Crippen LogP contribution is 2.22. The van der Waals surface area contributed by atoms with Crippen LogP contribution in [0.3, 0.4) is 0 Å². The van der Waals surface area contributed by atoms with E-state index >= 15 is 0 Å². The van der Waals surface area contributed by atoms with Gasteiger partial charge in [0.05, 0.1) is 17.6 Å². The molecule has 27 heavy (non-hydrogen) atoms. The van der Waals surface area contributed by atoms with E-state index in [2.05, 4.69) is 5.32 Å². The molecule has 146 valence electrons. The molecule has 0 aliphatic carbocycles. The van der Waals surface area contributed by atoms with Crippen LogP contribution in [-0.4, -0.2) is 28.0 Å². The van der Waals surface area contributed by atoms with Gasteiger partial charge in [0.2, 0.25) is 10.0 Å². The van der Waals surface area contributed by atoms with Crippen LogP contribution >= 0.6 is 11.6 Å². The van der Waals surface area contributed by atoms with Crippen LogP contribution in [0.1, 0.15) is 34.8 Å². The summed E-state index contributed by atoms with van der Waals surface area (Å²) in [6.07, 6.45) is 1.92. The van der Waals surface area contributed by atoms with E-state index in [9.17, 15) is 13.2 Å². The van der Waals surface area contributed by atoms with Crippen LogP contribution in [0.4, 0.5) is 0 Å². The van der Waals surface area contributed by atoms with Gasteiger partial charge in [-0.15, -0.1) is 0 Å². The van der Waals surface area contributed by atoms with Gasteiger partial charge in [-0.3, -0.25) is 4.79 Å². The minimum atomic E-state index is -3.79. The molecule has 0 bridgehead atoms. The van der Waals surface area contributed by atoms with E-state index in [1.54, 1.807) is 24.3 Å². The smallest absolute Gasteiger partial charge is 0.255 e. The third-order valence-corrected chi connectivity index (χ3v) is 5.29. The van der Waals surface area contributed by atoms with Gasteiger partial charge in [-0.2, -0.15) is 0 Å². The Morgan fingerprint density at radius 1 is 1.19 bits per heavy atom. The largest absolute Gasteiger partial charge is 0.496 e. The normalized spacial score (nSPS) is 11.3. The summed E-state index contributed by atoms with van der Waals surface area (Å²) in [6.45, 7) is 2.30. The quantitative estimate of drug-likeness (QED) is 0.698. The van der Waals surface area contributed by atoms with Crippen LogP contribution in [0.15, 0.2) is 41.3 Å². The van der Waals surface area contributed by atoms with Crippen molar-refractivity contribution in [1.82, 2.24) is 5.32 Å². The number of carbonyl (C=O) groups is 1. The lowest BCUT2D eigenvalue weighted by molar-refractivity contribution is 0.0951. The summed E-state index contributed by atoms with van der Waals surface area (Å²) in [4.78, 5) is 12.5. The Labute approximate surface area is 164 Å². The number of sulfonamides is 1. The fourth-order valence-corrected chi connectivity index (χ4v) is 3.79. The predicted octanol–water partition coefficient (Wildman–Crippen LogP) is 2.92. The van der Waals surface area contributed by atoms with Crippen molar-refractivity contribution in [2.24, 2.45) is 5.14 Å². The fourth-order valence-electron chi connectivity index (χ4n) is 2.77. The molecule has 0 aliphatic heterocycles. The molecular weight excluding hydrogens is 388 g/mol. The van der Waals surface area contributed by atoms with E-state index in [1.165, 1.54) is 13.2 Å². The maximum atomic E-state index is 12.4. The summed E-state index contributed by atoms with van der Waals surface area (Å²) in [5.74, 6) is 0.112. The van der Waals surface area contributed by atoms with Gasteiger partial charge in [0.15, 0.2) is 0 Å². The first kappa shape index (κ1) is 21.2. The molecule has 0 saturated carbocycles. The van der Waals surface area contributed by atoms with Crippen LogP contribution in [0, 0.1) is 0 Å². The van der Waals surface area contributed by atoms with E-state index < -0.39 is 10.0 Å². The Morgan fingerprint density at radius 3 is 2.56 bits per heavy atom. The highest BCUT2D eigenvalue weighted by atomic mass is 35.5. The monoisotopic (exact) mass is 410 g/mol. The van der Waals surface area contributed by atoms with Gasteiger partial charge in [-0.05, 0) is 48.2 Å². The molecule has 0 radical (unpaired) electrons. The minimum absolute atomic E-state index is 0.143. The lowest BCUT2D eigenvalue weighted by atomic mass is 10.1. The van der Waals surface area contributed by atoms with Gasteiger partial charge in [-0.25, -0.2) is 13.6 Å². The lowest BCUT2D eigenvalue weighted by Crippen LogP contribution is -2.26. The third-order valence-electron chi connectivity index (χ3n) is 4.06. The lowest BCUT2D eigenvalue weighted by Gasteiger charge is -2.11. The summed E-state index contributed by atoms with van der Waals surface area (Å²) < 4.78 is 28.8. The molecule has 0 unspecified atom stereocenters. The molecule has 3 N–H and O–H groups in total. The maximum absolute atomic E-state index is 12.4. The van der Waals surface area contributed by atoms with Gasteiger partial charge in [0.25, 0.3) is 5.91 Å². The van der Waals surface area contributed by atoms with Gasteiger partial charge < -0.3 is 10.1 Å². The number of nitrogens with one attached hydrogen (secondary N) is 1. The Balaban J connectivity index is 2.09. The van der Waals surface area contributed by atoms with Crippen molar-refractivity contribution in [1.29, 1.82) is 0 Å². The standard InChI is InChI=1S/C19H23ClN2O4S/c1-3-4-14-6-5-13(11-18(14)27(21,24)25)9-10-22-19(23)16-12-15(20)7-8-17(16)26-2/h5-8,11-12H,3-4,9-10H2,1-2H3,(H,22,23)(H2,21,24,25). The second-order valence-corrected chi connectivity index (χ2v) is 8.05. The summed E-state index contributed by atoms with van der Waals surface area (Å²) >= 11 is 5.94. The van der Waals surface area contributed by atoms with Crippen molar-refractivity contribution < 1.29 is 17.9 Å². The molecule has 0 aliphatic rings. The number of hydrogen-bond donors (Lipinski definition) is 2. The highest BCUT2D eigenvalue weighted by molar-refractivity contribution is 7.89. The number of amides is 1. The number of ether oxygens (including phenoxy) is 1. The number of benzene rings is 2. The molecule has 0 fully saturated rings. The summed E-state index contributed by atoms with van der Waals surface area (Å²) in [7, 11) is -2.32. The number of rotatable bonds is 8. The number of nitrogens with two attached hydrogens (primary N) is 1. The molecule has 2 aromatic carbocycles. The SMILES string of the molecule is CCCc1ccc(CCNC(=O)c2cc(Cl)ccc2OC)cc1S(N)(=O)=O. The molecule has 0 aromatic heterocycles. The molecule has 0 atom stereocenters. The number of methoxy groups -OCH3 is 1. The van der Waals surface area contributed by atoms with Gasteiger partial charge in [0.1, 0.15) is 5.75 Å². The van der Waals surface area contributed by atoms with Crippen LogP contribution in [0.5, 0.6) is 5.75 Å². The average Bonchev–Trinajstić information content (AvgIpc) is 2.62. The first-order chi connectivity index (χ1) is 12.8. The molecule has 2 rings (SSSR count). The minimum Gasteiger partial charge on any atom is -0.496 e. The number of halogens is 1. The Hall–Kier alpha value is -2.09. The molecule has 6 nitrogen and oxygen atoms in total. The summed E-state index contributed by atoms with van der Waals surface area (Å²) in [6, 6.07) is 10.0. The number of carbonyl (C=O) groups excluding carboxylic acids is 1. The zero-order valence-corrected chi connectivity index (χ0v) is 16.9. The van der Waals surface area contributed by atoms with Crippen molar-refractivity contribution in [3.8, 4) is 5.75 Å². The van der Waals surface area contributed by atoms with E-state index in [1.807, 2.05) is 13.0 Å². The van der Waals surface area contributed by atoms with Crippen LogP contribution in [0.25, 0.3) is 0 Å². The Kier molecular flexibility index (Phi) is 7.24. The molecule has 0 heterocycles. The first-order valence-corrected chi connectivity index (χ1v) is 10.4. The maximum Gasteiger partial charge on any atom is 0.255 e. The van der Waals surface area contributed by atoms with Crippen molar-refractivity contribution in [3.63, 3.8) is 0 Å².